The van der Waals surface area contributed by atoms with Crippen molar-refractivity contribution in [3.63, 3.8) is 0 Å². The van der Waals surface area contributed by atoms with E-state index in [1.54, 1.807) is 25.7 Å². The van der Waals surface area contributed by atoms with Crippen molar-refractivity contribution >= 4 is 0 Å². The van der Waals surface area contributed by atoms with E-state index in [2.05, 4.69) is 10.2 Å². The third-order valence-corrected chi connectivity index (χ3v) is 6.65. The lowest BCUT2D eigenvalue weighted by molar-refractivity contribution is 0.127. The number of piperidine rings is 1. The molecule has 0 amide bonds. The van der Waals surface area contributed by atoms with Gasteiger partial charge in [0.25, 0.3) is 0 Å². The molecule has 4 rings (SSSR count). The van der Waals surface area contributed by atoms with Crippen LogP contribution in [0.2, 0.25) is 0 Å². The Balaban J connectivity index is 1.37. The fraction of sp³-hybridized carbons (Fsp3) is 1.00. The summed E-state index contributed by atoms with van der Waals surface area (Å²) in [5.74, 6) is 4.24. The molecule has 2 heterocycles. The van der Waals surface area contributed by atoms with Crippen LogP contribution in [0.4, 0.5) is 0 Å². The van der Waals surface area contributed by atoms with Crippen LogP contribution in [-0.4, -0.2) is 37.1 Å². The largest absolute Gasteiger partial charge is 0.316 e. The van der Waals surface area contributed by atoms with Crippen LogP contribution in [-0.2, 0) is 0 Å². The van der Waals surface area contributed by atoms with E-state index in [1.807, 2.05) is 0 Å². The summed E-state index contributed by atoms with van der Waals surface area (Å²) in [5.41, 5.74) is 0. The number of fused-ring (bicyclic) bond motifs is 2. The van der Waals surface area contributed by atoms with E-state index in [0.29, 0.717) is 0 Å². The number of hydrogen-bond acceptors (Lipinski definition) is 2. The Morgan fingerprint density at radius 1 is 0.947 bits per heavy atom. The summed E-state index contributed by atoms with van der Waals surface area (Å²) >= 11 is 0. The smallest absolute Gasteiger partial charge is 0.0136 e. The van der Waals surface area contributed by atoms with Crippen molar-refractivity contribution in [2.24, 2.45) is 23.7 Å². The molecule has 5 unspecified atom stereocenters. The predicted molar refractivity (Wildman–Crippen MR) is 79.1 cm³/mol. The molecule has 2 nitrogen and oxygen atoms in total. The molecule has 4 fully saturated rings. The minimum Gasteiger partial charge on any atom is -0.316 e. The molecule has 19 heavy (non-hydrogen) atoms. The molecule has 0 aromatic rings. The van der Waals surface area contributed by atoms with Crippen LogP contribution in [0.25, 0.3) is 0 Å². The highest BCUT2D eigenvalue weighted by Crippen LogP contribution is 2.49. The fourth-order valence-electron chi connectivity index (χ4n) is 5.72. The Kier molecular flexibility index (Phi) is 3.57. The molecule has 5 atom stereocenters. The van der Waals surface area contributed by atoms with Crippen molar-refractivity contribution in [3.05, 3.63) is 0 Å². The zero-order chi connectivity index (χ0) is 12.7. The average Bonchev–Trinajstić information content (AvgIpc) is 3.16. The summed E-state index contributed by atoms with van der Waals surface area (Å²) in [6, 6.07) is 0.923. The number of nitrogens with zero attached hydrogens (tertiary/aromatic N) is 1. The Bertz CT molecular complexity index is 310. The first kappa shape index (κ1) is 12.6. The fourth-order valence-corrected chi connectivity index (χ4v) is 5.72. The topological polar surface area (TPSA) is 15.3 Å². The lowest BCUT2D eigenvalue weighted by Crippen LogP contribution is -2.45. The van der Waals surface area contributed by atoms with Crippen LogP contribution >= 0.6 is 0 Å². The molecule has 2 saturated heterocycles. The van der Waals surface area contributed by atoms with E-state index in [9.17, 15) is 0 Å². The first-order chi connectivity index (χ1) is 9.40. The average molecular weight is 262 g/mol. The van der Waals surface area contributed by atoms with Gasteiger partial charge in [-0.1, -0.05) is 6.42 Å². The van der Waals surface area contributed by atoms with Gasteiger partial charge in [0.2, 0.25) is 0 Å². The van der Waals surface area contributed by atoms with Gasteiger partial charge in [-0.05, 0) is 88.3 Å². The Morgan fingerprint density at radius 3 is 2.68 bits per heavy atom. The quantitative estimate of drug-likeness (QED) is 0.841. The molecule has 0 radical (unpaired) electrons. The number of hydrogen-bond donors (Lipinski definition) is 1. The highest BCUT2D eigenvalue weighted by atomic mass is 15.2. The first-order valence-corrected chi connectivity index (χ1v) is 8.85. The van der Waals surface area contributed by atoms with Crippen LogP contribution in [0.15, 0.2) is 0 Å². The molecule has 2 aliphatic carbocycles. The van der Waals surface area contributed by atoms with E-state index in [-0.39, 0.29) is 0 Å². The Labute approximate surface area is 118 Å². The molecular formula is C17H30N2. The summed E-state index contributed by atoms with van der Waals surface area (Å²) in [4.78, 5) is 2.91. The van der Waals surface area contributed by atoms with Crippen molar-refractivity contribution in [2.45, 2.75) is 57.4 Å². The summed E-state index contributed by atoms with van der Waals surface area (Å²) in [5, 5.41) is 3.63. The predicted octanol–water partition coefficient (Wildman–Crippen LogP) is 2.89. The number of rotatable bonds is 3. The molecule has 0 aromatic heterocycles. The van der Waals surface area contributed by atoms with Crippen molar-refractivity contribution in [1.29, 1.82) is 0 Å². The van der Waals surface area contributed by atoms with Crippen LogP contribution < -0.4 is 5.32 Å². The van der Waals surface area contributed by atoms with Crippen molar-refractivity contribution in [2.75, 3.05) is 26.2 Å². The molecular weight excluding hydrogens is 232 g/mol. The molecule has 2 aliphatic heterocycles. The molecule has 0 spiro atoms. The summed E-state index contributed by atoms with van der Waals surface area (Å²) in [7, 11) is 0. The normalized spacial score (nSPS) is 47.1. The van der Waals surface area contributed by atoms with Gasteiger partial charge in [-0.2, -0.15) is 0 Å². The monoisotopic (exact) mass is 262 g/mol. The number of nitrogens with one attached hydrogen (secondary N) is 1. The van der Waals surface area contributed by atoms with Crippen molar-refractivity contribution in [1.82, 2.24) is 10.2 Å². The number of likely N-dealkylation sites (tertiary alicyclic amines) is 1. The second-order valence-electron chi connectivity index (χ2n) is 7.75. The van der Waals surface area contributed by atoms with Crippen molar-refractivity contribution in [3.8, 4) is 0 Å². The van der Waals surface area contributed by atoms with Gasteiger partial charge < -0.3 is 5.32 Å². The first-order valence-electron chi connectivity index (χ1n) is 8.85. The minimum atomic E-state index is 0.923. The van der Waals surface area contributed by atoms with Gasteiger partial charge in [0.05, 0.1) is 0 Å². The lowest BCUT2D eigenvalue weighted by Gasteiger charge is -2.37. The van der Waals surface area contributed by atoms with Gasteiger partial charge in [-0.3, -0.25) is 4.90 Å². The highest BCUT2D eigenvalue weighted by Gasteiger charge is 2.42. The van der Waals surface area contributed by atoms with Crippen LogP contribution in [0.5, 0.6) is 0 Å². The van der Waals surface area contributed by atoms with E-state index in [1.165, 1.54) is 51.9 Å². The third-order valence-electron chi connectivity index (χ3n) is 6.65. The summed E-state index contributed by atoms with van der Waals surface area (Å²) in [6.45, 7) is 5.39. The molecule has 2 bridgehead atoms. The molecule has 108 valence electrons. The van der Waals surface area contributed by atoms with E-state index in [4.69, 9.17) is 0 Å². The van der Waals surface area contributed by atoms with Gasteiger partial charge in [0.1, 0.15) is 0 Å². The van der Waals surface area contributed by atoms with Crippen LogP contribution in [0, 0.1) is 23.7 Å². The van der Waals surface area contributed by atoms with E-state index >= 15 is 0 Å². The standard InChI is InChI=1S/C17H30N2/c1-3-15(11-18-7-1)17-4-2-8-19(17)12-16-10-13-5-6-14(16)9-13/h13-18H,1-12H2. The maximum Gasteiger partial charge on any atom is 0.0136 e. The van der Waals surface area contributed by atoms with E-state index < -0.39 is 0 Å². The zero-order valence-electron chi connectivity index (χ0n) is 12.3. The van der Waals surface area contributed by atoms with E-state index in [0.717, 1.165) is 29.7 Å². The van der Waals surface area contributed by atoms with Gasteiger partial charge >= 0.3 is 0 Å². The maximum absolute atomic E-state index is 3.63. The highest BCUT2D eigenvalue weighted by molar-refractivity contribution is 4.94. The molecule has 2 saturated carbocycles. The minimum absolute atomic E-state index is 0.923. The molecule has 1 N–H and O–H groups in total. The van der Waals surface area contributed by atoms with Gasteiger partial charge in [0.15, 0.2) is 0 Å². The Morgan fingerprint density at radius 2 is 1.95 bits per heavy atom. The third kappa shape index (κ3) is 2.47. The molecule has 2 heteroatoms. The summed E-state index contributed by atoms with van der Waals surface area (Å²) < 4.78 is 0. The molecule has 4 aliphatic rings. The van der Waals surface area contributed by atoms with Crippen LogP contribution in [0.1, 0.15) is 51.4 Å². The van der Waals surface area contributed by atoms with Crippen LogP contribution in [0.3, 0.4) is 0 Å². The second-order valence-corrected chi connectivity index (χ2v) is 7.75. The van der Waals surface area contributed by atoms with Gasteiger partial charge in [-0.25, -0.2) is 0 Å². The van der Waals surface area contributed by atoms with Crippen molar-refractivity contribution < 1.29 is 0 Å². The lowest BCUT2D eigenvalue weighted by atomic mass is 9.86. The summed E-state index contributed by atoms with van der Waals surface area (Å²) in [6.07, 6.45) is 12.1. The SMILES string of the molecule is C1CNCC(C2CCCN2CC2CC3CCC2C3)C1. The zero-order valence-corrected chi connectivity index (χ0v) is 12.3. The second kappa shape index (κ2) is 5.37. The maximum atomic E-state index is 3.63. The van der Waals surface area contributed by atoms with Gasteiger partial charge in [-0.15, -0.1) is 0 Å². The molecule has 0 aromatic carbocycles. The Hall–Kier alpha value is -0.0800. The van der Waals surface area contributed by atoms with Gasteiger partial charge in [0, 0.05) is 12.6 Å².